The van der Waals surface area contributed by atoms with Gasteiger partial charge in [-0.15, -0.1) is 0 Å². The molecule has 2 nitrogen and oxygen atoms in total. The monoisotopic (exact) mass is 263 g/mol. The van der Waals surface area contributed by atoms with Crippen molar-refractivity contribution >= 4 is 33.9 Å². The molecule has 1 unspecified atom stereocenters. The summed E-state index contributed by atoms with van der Waals surface area (Å²) in [5.74, 6) is 0.742. The van der Waals surface area contributed by atoms with E-state index in [9.17, 15) is 0 Å². The maximum Gasteiger partial charge on any atom is 0.135 e. The van der Waals surface area contributed by atoms with Crippen molar-refractivity contribution in [3.8, 4) is 0 Å². The lowest BCUT2D eigenvalue weighted by Gasteiger charge is -2.04. The van der Waals surface area contributed by atoms with Crippen molar-refractivity contribution in [3.63, 3.8) is 0 Å². The molecule has 1 atom stereocenters. The summed E-state index contributed by atoms with van der Waals surface area (Å²) in [5, 5.41) is 5.63. The number of rotatable bonds is 2. The van der Waals surface area contributed by atoms with E-state index >= 15 is 0 Å². The first-order chi connectivity index (χ1) is 8.25. The van der Waals surface area contributed by atoms with E-state index in [2.05, 4.69) is 0 Å². The molecule has 1 aromatic carbocycles. The maximum atomic E-state index is 6.14. The first kappa shape index (κ1) is 10.8. The van der Waals surface area contributed by atoms with E-state index in [0.717, 1.165) is 22.3 Å². The number of benzene rings is 1. The Labute approximate surface area is 108 Å². The van der Waals surface area contributed by atoms with Crippen molar-refractivity contribution in [2.75, 3.05) is 0 Å². The van der Waals surface area contributed by atoms with Gasteiger partial charge in [0.2, 0.25) is 0 Å². The Morgan fingerprint density at radius 3 is 2.88 bits per heavy atom. The van der Waals surface area contributed by atoms with Crippen molar-refractivity contribution < 1.29 is 4.42 Å². The molecule has 2 N–H and O–H groups in total. The Morgan fingerprint density at radius 2 is 2.18 bits per heavy atom. The van der Waals surface area contributed by atoms with Crippen LogP contribution in [0.1, 0.15) is 17.4 Å². The van der Waals surface area contributed by atoms with E-state index in [4.69, 9.17) is 21.8 Å². The standard InChI is InChI=1S/C13H10ClNOS/c14-10-2-1-3-11-9(10)6-12(16-11)13(15)8-4-5-17-7-8/h1-7,13H,15H2. The van der Waals surface area contributed by atoms with Crippen LogP contribution in [0.25, 0.3) is 11.0 Å². The van der Waals surface area contributed by atoms with Crippen LogP contribution in [0, 0.1) is 0 Å². The molecular weight excluding hydrogens is 254 g/mol. The van der Waals surface area contributed by atoms with Crippen molar-refractivity contribution in [1.29, 1.82) is 0 Å². The zero-order valence-corrected chi connectivity index (χ0v) is 10.5. The van der Waals surface area contributed by atoms with Crippen molar-refractivity contribution in [2.24, 2.45) is 5.73 Å². The van der Waals surface area contributed by atoms with Crippen molar-refractivity contribution in [3.05, 3.63) is 57.4 Å². The Morgan fingerprint density at radius 1 is 1.29 bits per heavy atom. The van der Waals surface area contributed by atoms with E-state index in [0.29, 0.717) is 5.02 Å². The molecule has 0 aliphatic carbocycles. The second-order valence-corrected chi connectivity index (χ2v) is 5.02. The van der Waals surface area contributed by atoms with Gasteiger partial charge < -0.3 is 10.2 Å². The topological polar surface area (TPSA) is 39.2 Å². The number of hydrogen-bond donors (Lipinski definition) is 1. The summed E-state index contributed by atoms with van der Waals surface area (Å²) in [6, 6.07) is 9.30. The van der Waals surface area contributed by atoms with Crippen LogP contribution in [0.15, 0.2) is 45.5 Å². The summed E-state index contributed by atoms with van der Waals surface area (Å²) < 4.78 is 5.73. The largest absolute Gasteiger partial charge is 0.459 e. The fourth-order valence-corrected chi connectivity index (χ4v) is 2.73. The number of hydrogen-bond acceptors (Lipinski definition) is 3. The molecule has 0 bridgehead atoms. The van der Waals surface area contributed by atoms with Gasteiger partial charge in [-0.3, -0.25) is 0 Å². The highest BCUT2D eigenvalue weighted by Gasteiger charge is 2.15. The summed E-state index contributed by atoms with van der Waals surface area (Å²) in [7, 11) is 0. The Kier molecular flexibility index (Phi) is 2.67. The lowest BCUT2D eigenvalue weighted by molar-refractivity contribution is 0.525. The molecule has 2 aromatic heterocycles. The summed E-state index contributed by atoms with van der Waals surface area (Å²) in [4.78, 5) is 0. The second kappa shape index (κ2) is 4.18. The first-order valence-electron chi connectivity index (χ1n) is 5.21. The van der Waals surface area contributed by atoms with Crippen LogP contribution in [0.3, 0.4) is 0 Å². The maximum absolute atomic E-state index is 6.14. The predicted octanol–water partition coefficient (Wildman–Crippen LogP) is 4.20. The van der Waals surface area contributed by atoms with Gasteiger partial charge in [0.15, 0.2) is 0 Å². The second-order valence-electron chi connectivity index (χ2n) is 3.83. The summed E-state index contributed by atoms with van der Waals surface area (Å²) in [6.45, 7) is 0. The minimum atomic E-state index is -0.232. The van der Waals surface area contributed by atoms with Crippen LogP contribution in [0.4, 0.5) is 0 Å². The smallest absolute Gasteiger partial charge is 0.135 e. The SMILES string of the molecule is NC(c1ccsc1)c1cc2c(Cl)cccc2o1. The van der Waals surface area contributed by atoms with Gasteiger partial charge in [-0.2, -0.15) is 11.3 Å². The molecule has 0 amide bonds. The normalized spacial score (nSPS) is 13.1. The van der Waals surface area contributed by atoms with Crippen LogP contribution in [0.2, 0.25) is 5.02 Å². The Hall–Kier alpha value is -1.29. The first-order valence-corrected chi connectivity index (χ1v) is 6.53. The molecule has 0 fully saturated rings. The summed E-state index contributed by atoms with van der Waals surface area (Å²) >= 11 is 7.73. The van der Waals surface area contributed by atoms with E-state index in [1.807, 2.05) is 41.1 Å². The highest BCUT2D eigenvalue weighted by atomic mass is 35.5. The van der Waals surface area contributed by atoms with Crippen LogP contribution in [0.5, 0.6) is 0 Å². The molecule has 0 aliphatic rings. The van der Waals surface area contributed by atoms with Gasteiger partial charge in [0.1, 0.15) is 11.3 Å². The molecule has 0 saturated heterocycles. The van der Waals surface area contributed by atoms with E-state index in [-0.39, 0.29) is 6.04 Å². The van der Waals surface area contributed by atoms with Gasteiger partial charge >= 0.3 is 0 Å². The molecule has 0 radical (unpaired) electrons. The minimum Gasteiger partial charge on any atom is -0.459 e. The third-order valence-electron chi connectivity index (χ3n) is 2.74. The summed E-state index contributed by atoms with van der Waals surface area (Å²) in [5.41, 5.74) is 7.98. The molecule has 3 rings (SSSR count). The molecule has 0 aliphatic heterocycles. The number of furan rings is 1. The van der Waals surface area contributed by atoms with Gasteiger partial charge in [-0.1, -0.05) is 17.7 Å². The van der Waals surface area contributed by atoms with Gasteiger partial charge in [0.05, 0.1) is 11.1 Å². The lowest BCUT2D eigenvalue weighted by atomic mass is 10.1. The zero-order valence-electron chi connectivity index (χ0n) is 8.89. The molecule has 17 heavy (non-hydrogen) atoms. The van der Waals surface area contributed by atoms with Crippen LogP contribution in [-0.4, -0.2) is 0 Å². The fraction of sp³-hybridized carbons (Fsp3) is 0.0769. The van der Waals surface area contributed by atoms with Crippen LogP contribution in [-0.2, 0) is 0 Å². The molecule has 86 valence electrons. The number of thiophene rings is 1. The molecular formula is C13H10ClNOS. The van der Waals surface area contributed by atoms with E-state index in [1.165, 1.54) is 0 Å². The van der Waals surface area contributed by atoms with Gasteiger partial charge in [-0.05, 0) is 40.6 Å². The highest BCUT2D eigenvalue weighted by molar-refractivity contribution is 7.08. The van der Waals surface area contributed by atoms with E-state index < -0.39 is 0 Å². The average Bonchev–Trinajstić information content (AvgIpc) is 2.98. The molecule has 2 heterocycles. The lowest BCUT2D eigenvalue weighted by Crippen LogP contribution is -2.09. The predicted molar refractivity (Wildman–Crippen MR) is 71.6 cm³/mol. The highest BCUT2D eigenvalue weighted by Crippen LogP contribution is 2.31. The van der Waals surface area contributed by atoms with Crippen molar-refractivity contribution in [2.45, 2.75) is 6.04 Å². The Balaban J connectivity index is 2.10. The van der Waals surface area contributed by atoms with Gasteiger partial charge in [-0.25, -0.2) is 0 Å². The van der Waals surface area contributed by atoms with Crippen LogP contribution >= 0.6 is 22.9 Å². The Bertz CT molecular complexity index is 645. The van der Waals surface area contributed by atoms with Gasteiger partial charge in [0.25, 0.3) is 0 Å². The zero-order chi connectivity index (χ0) is 11.8. The number of halogens is 1. The fourth-order valence-electron chi connectivity index (χ4n) is 1.81. The molecule has 0 saturated carbocycles. The third kappa shape index (κ3) is 1.86. The van der Waals surface area contributed by atoms with Crippen LogP contribution < -0.4 is 5.73 Å². The van der Waals surface area contributed by atoms with Gasteiger partial charge in [0, 0.05) is 5.39 Å². The summed E-state index contributed by atoms with van der Waals surface area (Å²) in [6.07, 6.45) is 0. The third-order valence-corrected chi connectivity index (χ3v) is 3.77. The minimum absolute atomic E-state index is 0.232. The average molecular weight is 264 g/mol. The van der Waals surface area contributed by atoms with E-state index in [1.54, 1.807) is 11.3 Å². The number of fused-ring (bicyclic) bond motifs is 1. The molecule has 4 heteroatoms. The quantitative estimate of drug-likeness (QED) is 0.753. The number of nitrogens with two attached hydrogens (primary N) is 1. The molecule has 3 aromatic rings. The molecule has 0 spiro atoms. The van der Waals surface area contributed by atoms with Crippen molar-refractivity contribution in [1.82, 2.24) is 0 Å².